The Kier molecular flexibility index (Phi) is 4.88. The fourth-order valence-electron chi connectivity index (χ4n) is 1.81. The Morgan fingerprint density at radius 3 is 2.65 bits per heavy atom. The van der Waals surface area contributed by atoms with Gasteiger partial charge in [0.05, 0.1) is 0 Å². The van der Waals surface area contributed by atoms with E-state index in [1.165, 1.54) is 12.1 Å². The maximum absolute atomic E-state index is 12.8. The highest BCUT2D eigenvalue weighted by Crippen LogP contribution is 2.18. The summed E-state index contributed by atoms with van der Waals surface area (Å²) in [5.74, 6) is 0.373. The molecule has 3 heteroatoms. The molecule has 1 aromatic carbocycles. The van der Waals surface area contributed by atoms with E-state index in [9.17, 15) is 4.39 Å². The highest BCUT2D eigenvalue weighted by molar-refractivity contribution is 5.50. The van der Waals surface area contributed by atoms with E-state index >= 15 is 0 Å². The highest BCUT2D eigenvalue weighted by atomic mass is 19.1. The van der Waals surface area contributed by atoms with Gasteiger partial charge >= 0.3 is 0 Å². The summed E-state index contributed by atoms with van der Waals surface area (Å²) in [7, 11) is 0. The molecule has 0 saturated heterocycles. The van der Waals surface area contributed by atoms with Gasteiger partial charge in [-0.1, -0.05) is 31.2 Å². The van der Waals surface area contributed by atoms with Crippen LogP contribution in [0.15, 0.2) is 42.6 Å². The Morgan fingerprint density at radius 1 is 1.25 bits per heavy atom. The molecule has 20 heavy (non-hydrogen) atoms. The molecule has 2 rings (SSSR count). The highest BCUT2D eigenvalue weighted by Gasteiger charge is 2.03. The maximum atomic E-state index is 12.8. The number of halogens is 1. The summed E-state index contributed by atoms with van der Waals surface area (Å²) in [5.41, 5.74) is 2.98. The second kappa shape index (κ2) is 6.85. The van der Waals surface area contributed by atoms with Gasteiger partial charge in [0, 0.05) is 11.8 Å². The van der Waals surface area contributed by atoms with E-state index in [1.54, 1.807) is 18.3 Å². The molecule has 2 nitrogen and oxygen atoms in total. The van der Waals surface area contributed by atoms with Crippen molar-refractivity contribution < 1.29 is 9.13 Å². The third kappa shape index (κ3) is 3.92. The van der Waals surface area contributed by atoms with Crippen molar-refractivity contribution in [2.24, 2.45) is 0 Å². The maximum Gasteiger partial charge on any atom is 0.216 e. The van der Waals surface area contributed by atoms with Crippen LogP contribution in [0.4, 0.5) is 4.39 Å². The largest absolute Gasteiger partial charge is 0.473 e. The van der Waals surface area contributed by atoms with Crippen LogP contribution in [0, 0.1) is 12.7 Å². The van der Waals surface area contributed by atoms with Crippen LogP contribution >= 0.6 is 0 Å². The summed E-state index contributed by atoms with van der Waals surface area (Å²) in [6.07, 6.45) is 6.93. The molecule has 0 fully saturated rings. The molecule has 0 amide bonds. The number of hydrogen-bond acceptors (Lipinski definition) is 2. The number of pyridine rings is 1. The molecule has 1 aromatic heterocycles. The molecule has 0 aliphatic heterocycles. The molecule has 0 unspecified atom stereocenters. The summed E-state index contributed by atoms with van der Waals surface area (Å²) in [4.78, 5) is 4.32. The molecular weight excluding hydrogens is 253 g/mol. The Morgan fingerprint density at radius 2 is 2.00 bits per heavy atom. The molecule has 0 bridgehead atoms. The van der Waals surface area contributed by atoms with Crippen molar-refractivity contribution in [1.82, 2.24) is 4.98 Å². The van der Waals surface area contributed by atoms with Crippen LogP contribution in [-0.4, -0.2) is 4.98 Å². The number of benzene rings is 1. The summed E-state index contributed by atoms with van der Waals surface area (Å²) >= 11 is 0. The van der Waals surface area contributed by atoms with Gasteiger partial charge in [0.2, 0.25) is 5.88 Å². The van der Waals surface area contributed by atoms with Crippen LogP contribution in [0.2, 0.25) is 0 Å². The minimum Gasteiger partial charge on any atom is -0.473 e. The second-order valence-corrected chi connectivity index (χ2v) is 4.62. The monoisotopic (exact) mass is 271 g/mol. The second-order valence-electron chi connectivity index (χ2n) is 4.62. The summed E-state index contributed by atoms with van der Waals surface area (Å²) in [6, 6.07) is 8.32. The van der Waals surface area contributed by atoms with E-state index < -0.39 is 0 Å². The first-order chi connectivity index (χ1) is 9.69. The van der Waals surface area contributed by atoms with Gasteiger partial charge < -0.3 is 4.74 Å². The van der Waals surface area contributed by atoms with Gasteiger partial charge in [-0.15, -0.1) is 0 Å². The van der Waals surface area contributed by atoms with Gasteiger partial charge in [-0.3, -0.25) is 0 Å². The first-order valence-electron chi connectivity index (χ1n) is 6.69. The molecule has 104 valence electrons. The number of aryl methyl sites for hydroxylation is 1. The predicted molar refractivity (Wildman–Crippen MR) is 79.0 cm³/mol. The predicted octanol–water partition coefficient (Wildman–Crippen LogP) is 4.53. The van der Waals surface area contributed by atoms with E-state index in [1.807, 2.05) is 19.1 Å². The van der Waals surface area contributed by atoms with Gasteiger partial charge in [-0.05, 0) is 42.7 Å². The SMILES string of the molecule is CC/C=C\c1cnc(OCc2ccc(F)cc2)c(C)c1. The van der Waals surface area contributed by atoms with Crippen LogP contribution in [-0.2, 0) is 6.61 Å². The van der Waals surface area contributed by atoms with Gasteiger partial charge in [0.1, 0.15) is 12.4 Å². The van der Waals surface area contributed by atoms with Gasteiger partial charge in [0.25, 0.3) is 0 Å². The molecule has 0 saturated carbocycles. The molecule has 0 radical (unpaired) electrons. The van der Waals surface area contributed by atoms with Crippen molar-refractivity contribution in [3.8, 4) is 5.88 Å². The van der Waals surface area contributed by atoms with Crippen LogP contribution in [0.25, 0.3) is 6.08 Å². The Balaban J connectivity index is 2.02. The van der Waals surface area contributed by atoms with Crippen molar-refractivity contribution >= 4 is 6.08 Å². The zero-order chi connectivity index (χ0) is 14.4. The Hall–Kier alpha value is -2.16. The van der Waals surface area contributed by atoms with Crippen LogP contribution in [0.1, 0.15) is 30.0 Å². The zero-order valence-corrected chi connectivity index (χ0v) is 11.8. The average Bonchev–Trinajstić information content (AvgIpc) is 2.46. The summed E-state index contributed by atoms with van der Waals surface area (Å²) in [6.45, 7) is 4.45. The molecule has 1 heterocycles. The minimum atomic E-state index is -0.241. The lowest BCUT2D eigenvalue weighted by atomic mass is 10.2. The number of rotatable bonds is 5. The number of allylic oxidation sites excluding steroid dienone is 1. The van der Waals surface area contributed by atoms with Crippen LogP contribution < -0.4 is 4.74 Å². The Labute approximate surface area is 118 Å². The summed E-state index contributed by atoms with van der Waals surface area (Å²) in [5, 5.41) is 0. The van der Waals surface area contributed by atoms with Crippen LogP contribution in [0.5, 0.6) is 5.88 Å². The quantitative estimate of drug-likeness (QED) is 0.797. The van der Waals surface area contributed by atoms with E-state index in [0.29, 0.717) is 12.5 Å². The first kappa shape index (κ1) is 14.3. The van der Waals surface area contributed by atoms with Crippen molar-refractivity contribution in [2.45, 2.75) is 26.9 Å². The molecule has 0 N–H and O–H groups in total. The number of nitrogens with zero attached hydrogens (tertiary/aromatic N) is 1. The fourth-order valence-corrected chi connectivity index (χ4v) is 1.81. The molecule has 0 spiro atoms. The number of hydrogen-bond donors (Lipinski definition) is 0. The molecule has 0 atom stereocenters. The Bertz CT molecular complexity index is 590. The number of ether oxygens (including phenoxy) is 1. The minimum absolute atomic E-state index is 0.241. The third-order valence-electron chi connectivity index (χ3n) is 2.89. The van der Waals surface area contributed by atoms with E-state index in [-0.39, 0.29) is 5.82 Å². The average molecular weight is 271 g/mol. The van der Waals surface area contributed by atoms with Gasteiger partial charge in [-0.2, -0.15) is 0 Å². The molecular formula is C17H18FNO. The van der Waals surface area contributed by atoms with E-state index in [4.69, 9.17) is 4.74 Å². The van der Waals surface area contributed by atoms with Crippen molar-refractivity contribution in [3.05, 3.63) is 65.1 Å². The fraction of sp³-hybridized carbons (Fsp3) is 0.235. The normalized spacial score (nSPS) is 10.9. The third-order valence-corrected chi connectivity index (χ3v) is 2.89. The van der Waals surface area contributed by atoms with Gasteiger partial charge in [0.15, 0.2) is 0 Å². The lowest BCUT2D eigenvalue weighted by molar-refractivity contribution is 0.291. The number of aromatic nitrogens is 1. The van der Waals surface area contributed by atoms with Crippen molar-refractivity contribution in [3.63, 3.8) is 0 Å². The lowest BCUT2D eigenvalue weighted by Gasteiger charge is -2.08. The molecule has 0 aliphatic rings. The van der Waals surface area contributed by atoms with E-state index in [2.05, 4.69) is 18.0 Å². The summed E-state index contributed by atoms with van der Waals surface area (Å²) < 4.78 is 18.5. The van der Waals surface area contributed by atoms with Gasteiger partial charge in [-0.25, -0.2) is 9.37 Å². The molecule has 0 aliphatic carbocycles. The lowest BCUT2D eigenvalue weighted by Crippen LogP contribution is -1.99. The molecule has 2 aromatic rings. The van der Waals surface area contributed by atoms with Crippen molar-refractivity contribution in [1.29, 1.82) is 0 Å². The standard InChI is InChI=1S/C17H18FNO/c1-3-4-5-15-10-13(2)17(19-11-15)20-12-14-6-8-16(18)9-7-14/h4-11H,3,12H2,1-2H3/b5-4-. The van der Waals surface area contributed by atoms with Crippen molar-refractivity contribution in [2.75, 3.05) is 0 Å². The first-order valence-corrected chi connectivity index (χ1v) is 6.69. The van der Waals surface area contributed by atoms with E-state index in [0.717, 1.165) is 23.1 Å². The smallest absolute Gasteiger partial charge is 0.216 e. The van der Waals surface area contributed by atoms with Crippen LogP contribution in [0.3, 0.4) is 0 Å². The topological polar surface area (TPSA) is 22.1 Å². The zero-order valence-electron chi connectivity index (χ0n) is 11.8.